The molecule has 3 nitrogen and oxygen atoms in total. The van der Waals surface area contributed by atoms with E-state index in [2.05, 4.69) is 17.9 Å². The van der Waals surface area contributed by atoms with Crippen molar-refractivity contribution < 1.29 is 4.79 Å². The molecule has 0 N–H and O–H groups in total. The molecule has 1 aromatic rings. The molecular weight excluding hydrogens is 280 g/mol. The Hall–Kier alpha value is -1.47. The van der Waals surface area contributed by atoms with Crippen LogP contribution in [0.15, 0.2) is 29.2 Å². The molecule has 1 aromatic carbocycles. The summed E-state index contributed by atoms with van der Waals surface area (Å²) in [6, 6.07) is 9.96. The van der Waals surface area contributed by atoms with Crippen molar-refractivity contribution in [2.45, 2.75) is 50.0 Å². The second-order valence-corrected chi connectivity index (χ2v) is 6.45. The summed E-state index contributed by atoms with van der Waals surface area (Å²) < 4.78 is 0. The molecule has 2 rings (SSSR count). The molecule has 0 bridgehead atoms. The number of rotatable bonds is 5. The number of hydrogen-bond acceptors (Lipinski definition) is 3. The van der Waals surface area contributed by atoms with E-state index in [1.54, 1.807) is 23.9 Å². The van der Waals surface area contributed by atoms with Gasteiger partial charge >= 0.3 is 0 Å². The fourth-order valence-electron chi connectivity index (χ4n) is 2.88. The summed E-state index contributed by atoms with van der Waals surface area (Å²) in [5, 5.41) is 8.78. The number of amides is 1. The fraction of sp³-hybridized carbons (Fsp3) is 0.529. The van der Waals surface area contributed by atoms with Crippen LogP contribution in [0.4, 0.5) is 0 Å². The van der Waals surface area contributed by atoms with Crippen molar-refractivity contribution in [3.05, 3.63) is 29.8 Å². The van der Waals surface area contributed by atoms with Gasteiger partial charge in [0.15, 0.2) is 0 Å². The van der Waals surface area contributed by atoms with E-state index in [4.69, 9.17) is 5.26 Å². The van der Waals surface area contributed by atoms with E-state index in [0.29, 0.717) is 17.4 Å². The first-order valence-electron chi connectivity index (χ1n) is 7.67. The summed E-state index contributed by atoms with van der Waals surface area (Å²) in [6.45, 7) is 2.87. The van der Waals surface area contributed by atoms with Gasteiger partial charge in [-0.3, -0.25) is 4.79 Å². The Labute approximate surface area is 131 Å². The number of carbonyl (C=O) groups is 1. The lowest BCUT2D eigenvalue weighted by Gasteiger charge is -2.33. The van der Waals surface area contributed by atoms with Crippen LogP contribution >= 0.6 is 11.8 Å². The quantitative estimate of drug-likeness (QED) is 0.776. The monoisotopic (exact) mass is 302 g/mol. The second-order valence-electron chi connectivity index (χ2n) is 5.40. The van der Waals surface area contributed by atoms with Gasteiger partial charge in [-0.15, -0.1) is 11.8 Å². The first kappa shape index (κ1) is 15.9. The van der Waals surface area contributed by atoms with Gasteiger partial charge in [0, 0.05) is 17.5 Å². The molecule has 0 aromatic heterocycles. The van der Waals surface area contributed by atoms with Crippen molar-refractivity contribution in [2.24, 2.45) is 0 Å². The predicted molar refractivity (Wildman–Crippen MR) is 86.1 cm³/mol. The van der Waals surface area contributed by atoms with Crippen molar-refractivity contribution in [3.63, 3.8) is 0 Å². The molecule has 21 heavy (non-hydrogen) atoms. The third-order valence-corrected chi connectivity index (χ3v) is 5.02. The first-order valence-corrected chi connectivity index (χ1v) is 8.65. The van der Waals surface area contributed by atoms with E-state index < -0.39 is 0 Å². The van der Waals surface area contributed by atoms with Crippen molar-refractivity contribution in [2.75, 3.05) is 12.3 Å². The normalized spacial score (nSPS) is 15.4. The van der Waals surface area contributed by atoms with Crippen LogP contribution in [0.1, 0.15) is 44.6 Å². The molecule has 0 spiro atoms. The Bertz CT molecular complexity index is 501. The van der Waals surface area contributed by atoms with Crippen LogP contribution in [0.2, 0.25) is 0 Å². The summed E-state index contributed by atoms with van der Waals surface area (Å²) in [5.41, 5.74) is 0.656. The maximum absolute atomic E-state index is 12.4. The smallest absolute Gasteiger partial charge is 0.233 e. The summed E-state index contributed by atoms with van der Waals surface area (Å²) in [6.07, 6.45) is 6.11. The lowest BCUT2D eigenvalue weighted by molar-refractivity contribution is -0.131. The highest BCUT2D eigenvalue weighted by Gasteiger charge is 2.23. The summed E-state index contributed by atoms with van der Waals surface area (Å²) in [5.74, 6) is 0.717. The van der Waals surface area contributed by atoms with Crippen LogP contribution in [-0.2, 0) is 4.79 Å². The molecule has 1 fully saturated rings. The zero-order valence-electron chi connectivity index (χ0n) is 12.5. The largest absolute Gasteiger partial charge is 0.339 e. The van der Waals surface area contributed by atoms with Crippen LogP contribution in [-0.4, -0.2) is 29.1 Å². The van der Waals surface area contributed by atoms with Gasteiger partial charge in [0.25, 0.3) is 0 Å². The van der Waals surface area contributed by atoms with Gasteiger partial charge in [0.05, 0.1) is 17.4 Å². The van der Waals surface area contributed by atoms with Gasteiger partial charge in [-0.05, 0) is 44.0 Å². The Morgan fingerprint density at radius 1 is 1.29 bits per heavy atom. The van der Waals surface area contributed by atoms with Crippen molar-refractivity contribution in [3.8, 4) is 6.07 Å². The van der Waals surface area contributed by atoms with E-state index in [1.807, 2.05) is 12.1 Å². The Morgan fingerprint density at radius 2 is 1.95 bits per heavy atom. The minimum atomic E-state index is 0.235. The number of benzene rings is 1. The lowest BCUT2D eigenvalue weighted by Crippen LogP contribution is -2.42. The van der Waals surface area contributed by atoms with E-state index in [-0.39, 0.29) is 5.91 Å². The second kappa shape index (κ2) is 8.09. The molecule has 0 atom stereocenters. The standard InChI is InChI=1S/C17H22N2OS/c1-2-19(15-6-4-3-5-7-15)17(20)13-21-16-10-8-14(12-18)9-11-16/h8-11,15H,2-7,13H2,1H3. The highest BCUT2D eigenvalue weighted by atomic mass is 32.2. The number of thioether (sulfide) groups is 1. The van der Waals surface area contributed by atoms with Gasteiger partial charge in [-0.2, -0.15) is 5.26 Å². The van der Waals surface area contributed by atoms with Gasteiger partial charge in [0.1, 0.15) is 0 Å². The third kappa shape index (κ3) is 4.50. The highest BCUT2D eigenvalue weighted by Crippen LogP contribution is 2.24. The zero-order valence-corrected chi connectivity index (χ0v) is 13.4. The summed E-state index contributed by atoms with van der Waals surface area (Å²) in [4.78, 5) is 15.5. The topological polar surface area (TPSA) is 44.1 Å². The number of carbonyl (C=O) groups excluding carboxylic acids is 1. The first-order chi connectivity index (χ1) is 10.2. The van der Waals surface area contributed by atoms with Gasteiger partial charge < -0.3 is 4.90 Å². The lowest BCUT2D eigenvalue weighted by atomic mass is 9.94. The average Bonchev–Trinajstić information content (AvgIpc) is 2.55. The number of hydrogen-bond donors (Lipinski definition) is 0. The van der Waals surface area contributed by atoms with Crippen LogP contribution in [0.25, 0.3) is 0 Å². The summed E-state index contributed by atoms with van der Waals surface area (Å²) in [7, 11) is 0. The molecule has 4 heteroatoms. The van der Waals surface area contributed by atoms with Crippen LogP contribution < -0.4 is 0 Å². The molecule has 0 radical (unpaired) electrons. The molecule has 1 aliphatic rings. The fourth-order valence-corrected chi connectivity index (χ4v) is 3.67. The SMILES string of the molecule is CCN(C(=O)CSc1ccc(C#N)cc1)C1CCCCC1. The minimum absolute atomic E-state index is 0.235. The van der Waals surface area contributed by atoms with Crippen molar-refractivity contribution in [1.29, 1.82) is 5.26 Å². The maximum Gasteiger partial charge on any atom is 0.233 e. The van der Waals surface area contributed by atoms with Gasteiger partial charge in [-0.25, -0.2) is 0 Å². The van der Waals surface area contributed by atoms with Crippen molar-refractivity contribution in [1.82, 2.24) is 4.90 Å². The molecule has 1 saturated carbocycles. The summed E-state index contributed by atoms with van der Waals surface area (Å²) >= 11 is 1.55. The molecule has 0 aliphatic heterocycles. The predicted octanol–water partition coefficient (Wildman–Crippen LogP) is 3.83. The molecule has 1 amide bonds. The zero-order chi connectivity index (χ0) is 15.1. The average molecular weight is 302 g/mol. The van der Waals surface area contributed by atoms with Gasteiger partial charge in [-0.1, -0.05) is 19.3 Å². The third-order valence-electron chi connectivity index (χ3n) is 4.02. The van der Waals surface area contributed by atoms with Crippen molar-refractivity contribution >= 4 is 17.7 Å². The van der Waals surface area contributed by atoms with E-state index in [1.165, 1.54) is 19.3 Å². The molecular formula is C17H22N2OS. The molecule has 112 valence electrons. The number of nitriles is 1. The Kier molecular flexibility index (Phi) is 6.13. The van der Waals surface area contributed by atoms with Crippen LogP contribution in [0.5, 0.6) is 0 Å². The Morgan fingerprint density at radius 3 is 2.52 bits per heavy atom. The Balaban J connectivity index is 1.88. The van der Waals surface area contributed by atoms with E-state index in [0.717, 1.165) is 24.3 Å². The molecule has 0 saturated heterocycles. The molecule has 1 aliphatic carbocycles. The highest BCUT2D eigenvalue weighted by molar-refractivity contribution is 8.00. The van der Waals surface area contributed by atoms with Gasteiger partial charge in [0.2, 0.25) is 5.91 Å². The van der Waals surface area contributed by atoms with Crippen LogP contribution in [0.3, 0.4) is 0 Å². The number of nitrogens with zero attached hydrogens (tertiary/aromatic N) is 2. The maximum atomic E-state index is 12.4. The van der Waals surface area contributed by atoms with Crippen LogP contribution in [0, 0.1) is 11.3 Å². The minimum Gasteiger partial charge on any atom is -0.339 e. The molecule has 0 heterocycles. The van der Waals surface area contributed by atoms with E-state index in [9.17, 15) is 4.79 Å². The molecule has 0 unspecified atom stereocenters. The van der Waals surface area contributed by atoms with E-state index >= 15 is 0 Å².